The van der Waals surface area contributed by atoms with E-state index in [1.54, 1.807) is 18.1 Å². The normalized spacial score (nSPS) is 22.0. The second-order valence-electron chi connectivity index (χ2n) is 9.06. The van der Waals surface area contributed by atoms with Gasteiger partial charge in [0, 0.05) is 55.9 Å². The van der Waals surface area contributed by atoms with E-state index in [1.807, 2.05) is 4.90 Å². The fraction of sp³-hybridized carbons (Fsp3) is 0.440. The predicted molar refractivity (Wildman–Crippen MR) is 120 cm³/mol. The molecule has 0 aromatic heterocycles. The summed E-state index contributed by atoms with van der Waals surface area (Å²) < 4.78 is 65.1. The van der Waals surface area contributed by atoms with Crippen molar-refractivity contribution in [2.75, 3.05) is 51.9 Å². The Morgan fingerprint density at radius 3 is 2.60 bits per heavy atom. The molecule has 1 amide bonds. The number of anilines is 1. The molecule has 2 heterocycles. The summed E-state index contributed by atoms with van der Waals surface area (Å²) in [7, 11) is 2.92. The third-order valence-corrected chi connectivity index (χ3v) is 7.04. The Balaban J connectivity index is 1.58. The van der Waals surface area contributed by atoms with Crippen molar-refractivity contribution in [3.63, 3.8) is 0 Å². The van der Waals surface area contributed by atoms with Gasteiger partial charge in [-0.15, -0.1) is 0 Å². The minimum atomic E-state index is -4.64. The molecule has 6 nitrogen and oxygen atoms in total. The van der Waals surface area contributed by atoms with E-state index in [-0.39, 0.29) is 28.6 Å². The molecule has 2 aliphatic rings. The number of rotatable bonds is 5. The average Bonchev–Trinajstić information content (AvgIpc) is 3.21. The zero-order chi connectivity index (χ0) is 25.4. The Bertz CT molecular complexity index is 1160. The number of ether oxygens (including phenoxy) is 2. The Kier molecular flexibility index (Phi) is 6.64. The van der Waals surface area contributed by atoms with E-state index in [2.05, 4.69) is 0 Å². The molecular weight excluding hydrogens is 466 g/mol. The van der Waals surface area contributed by atoms with Gasteiger partial charge >= 0.3 is 6.18 Å². The number of amides is 1. The Morgan fingerprint density at radius 2 is 1.97 bits per heavy atom. The lowest BCUT2D eigenvalue weighted by Gasteiger charge is -2.43. The summed E-state index contributed by atoms with van der Waals surface area (Å²) in [6, 6.07) is 9.40. The number of carbonyl (C=O) groups is 1. The Labute approximate surface area is 200 Å². The van der Waals surface area contributed by atoms with Crippen LogP contribution in [0.4, 0.5) is 23.2 Å². The SMILES string of the molecule is COCC12CCN(C(=O)c3ccc(OC)c(F)c3)CC1CN(c1ccc(C#N)c(C(F)(F)F)c1)C2. The number of fused-ring (bicyclic) bond motifs is 1. The third-order valence-electron chi connectivity index (χ3n) is 7.04. The van der Waals surface area contributed by atoms with Gasteiger partial charge in [0.1, 0.15) is 0 Å². The van der Waals surface area contributed by atoms with Crippen molar-refractivity contribution >= 4 is 11.6 Å². The highest BCUT2D eigenvalue weighted by Crippen LogP contribution is 2.45. The molecule has 186 valence electrons. The lowest BCUT2D eigenvalue weighted by Crippen LogP contribution is -2.50. The zero-order valence-electron chi connectivity index (χ0n) is 19.4. The number of nitriles is 1. The van der Waals surface area contributed by atoms with Gasteiger partial charge in [-0.05, 0) is 42.8 Å². The molecule has 2 aromatic carbocycles. The van der Waals surface area contributed by atoms with Crippen molar-refractivity contribution < 1.29 is 31.8 Å². The number of hydrogen-bond acceptors (Lipinski definition) is 5. The van der Waals surface area contributed by atoms with E-state index < -0.39 is 23.1 Å². The van der Waals surface area contributed by atoms with Crippen LogP contribution in [-0.2, 0) is 10.9 Å². The zero-order valence-corrected chi connectivity index (χ0v) is 19.4. The van der Waals surface area contributed by atoms with Gasteiger partial charge in [0.25, 0.3) is 5.91 Å². The van der Waals surface area contributed by atoms with Crippen LogP contribution in [-0.4, -0.2) is 57.8 Å². The van der Waals surface area contributed by atoms with Gasteiger partial charge in [-0.25, -0.2) is 4.39 Å². The standard InChI is InChI=1S/C25H25F4N3O3/c1-34-15-24-7-8-31(23(33)16-4-6-22(35-2)21(26)9-16)12-18(24)13-32(14-24)19-5-3-17(11-30)20(10-19)25(27,28)29/h3-6,9-10,18H,7-8,12-15H2,1-2H3. The van der Waals surface area contributed by atoms with E-state index in [1.165, 1.54) is 31.4 Å². The molecule has 2 aromatic rings. The summed E-state index contributed by atoms with van der Waals surface area (Å²) in [5.74, 6) is -0.953. The first-order valence-electron chi connectivity index (χ1n) is 11.1. The van der Waals surface area contributed by atoms with E-state index in [0.29, 0.717) is 44.9 Å². The van der Waals surface area contributed by atoms with Crippen LogP contribution in [0.25, 0.3) is 0 Å². The number of piperidine rings is 1. The van der Waals surface area contributed by atoms with E-state index in [9.17, 15) is 22.4 Å². The largest absolute Gasteiger partial charge is 0.494 e. The van der Waals surface area contributed by atoms with Gasteiger partial charge in [0.15, 0.2) is 11.6 Å². The average molecular weight is 491 g/mol. The molecule has 0 spiro atoms. The summed E-state index contributed by atoms with van der Waals surface area (Å²) >= 11 is 0. The molecule has 0 radical (unpaired) electrons. The minimum Gasteiger partial charge on any atom is -0.494 e. The van der Waals surface area contributed by atoms with Gasteiger partial charge in [-0.3, -0.25) is 4.79 Å². The Hall–Kier alpha value is -3.32. The maximum atomic E-state index is 14.1. The first-order valence-corrected chi connectivity index (χ1v) is 11.1. The van der Waals surface area contributed by atoms with Gasteiger partial charge in [-0.1, -0.05) is 0 Å². The molecule has 2 atom stereocenters. The van der Waals surface area contributed by atoms with Crippen molar-refractivity contribution in [1.29, 1.82) is 5.26 Å². The van der Waals surface area contributed by atoms with Gasteiger partial charge in [0.2, 0.25) is 0 Å². The van der Waals surface area contributed by atoms with Crippen molar-refractivity contribution in [3.05, 3.63) is 58.9 Å². The molecule has 0 aliphatic carbocycles. The highest BCUT2D eigenvalue weighted by Gasteiger charge is 2.50. The number of carbonyl (C=O) groups excluding carboxylic acids is 1. The fourth-order valence-corrected chi connectivity index (χ4v) is 5.23. The molecule has 2 aliphatic heterocycles. The van der Waals surface area contributed by atoms with Crippen molar-refractivity contribution in [1.82, 2.24) is 4.90 Å². The molecule has 10 heteroatoms. The lowest BCUT2D eigenvalue weighted by atomic mass is 9.73. The van der Waals surface area contributed by atoms with Crippen LogP contribution in [0, 0.1) is 28.5 Å². The smallest absolute Gasteiger partial charge is 0.417 e. The van der Waals surface area contributed by atoms with Crippen LogP contribution >= 0.6 is 0 Å². The Morgan fingerprint density at radius 1 is 1.20 bits per heavy atom. The molecule has 2 fully saturated rings. The molecule has 2 saturated heterocycles. The number of halogens is 4. The monoisotopic (exact) mass is 491 g/mol. The summed E-state index contributed by atoms with van der Waals surface area (Å²) in [5, 5.41) is 9.09. The van der Waals surface area contributed by atoms with Gasteiger partial charge in [0.05, 0.1) is 30.9 Å². The number of nitrogens with zero attached hydrogens (tertiary/aromatic N) is 3. The number of hydrogen-bond donors (Lipinski definition) is 0. The summed E-state index contributed by atoms with van der Waals surface area (Å²) in [6.07, 6.45) is -4.05. The van der Waals surface area contributed by atoms with Crippen molar-refractivity contribution in [2.24, 2.45) is 11.3 Å². The van der Waals surface area contributed by atoms with Crippen LogP contribution < -0.4 is 9.64 Å². The second kappa shape index (κ2) is 9.38. The number of benzene rings is 2. The number of methoxy groups -OCH3 is 2. The molecular formula is C25H25F4N3O3. The molecule has 0 N–H and O–H groups in total. The maximum Gasteiger partial charge on any atom is 0.417 e. The quantitative estimate of drug-likeness (QED) is 0.583. The minimum absolute atomic E-state index is 0.0476. The fourth-order valence-electron chi connectivity index (χ4n) is 5.23. The van der Waals surface area contributed by atoms with Crippen LogP contribution in [0.1, 0.15) is 27.9 Å². The summed E-state index contributed by atoms with van der Waals surface area (Å²) in [6.45, 7) is 2.08. The van der Waals surface area contributed by atoms with Crippen LogP contribution in [0.15, 0.2) is 36.4 Å². The third kappa shape index (κ3) is 4.65. The van der Waals surface area contributed by atoms with E-state index in [4.69, 9.17) is 14.7 Å². The van der Waals surface area contributed by atoms with Crippen molar-refractivity contribution in [2.45, 2.75) is 12.6 Å². The van der Waals surface area contributed by atoms with Crippen molar-refractivity contribution in [3.8, 4) is 11.8 Å². The highest BCUT2D eigenvalue weighted by atomic mass is 19.4. The number of likely N-dealkylation sites (tertiary alicyclic amines) is 1. The molecule has 2 unspecified atom stereocenters. The van der Waals surface area contributed by atoms with E-state index >= 15 is 0 Å². The molecule has 0 bridgehead atoms. The number of alkyl halides is 3. The molecule has 4 rings (SSSR count). The molecule has 35 heavy (non-hydrogen) atoms. The van der Waals surface area contributed by atoms with Gasteiger partial charge < -0.3 is 19.3 Å². The van der Waals surface area contributed by atoms with E-state index in [0.717, 1.165) is 12.1 Å². The first kappa shape index (κ1) is 24.8. The van der Waals surface area contributed by atoms with Gasteiger partial charge in [-0.2, -0.15) is 18.4 Å². The predicted octanol–water partition coefficient (Wildman–Crippen LogP) is 4.34. The van der Waals surface area contributed by atoms with Crippen LogP contribution in [0.2, 0.25) is 0 Å². The van der Waals surface area contributed by atoms with Crippen LogP contribution in [0.5, 0.6) is 5.75 Å². The highest BCUT2D eigenvalue weighted by molar-refractivity contribution is 5.94. The second-order valence-corrected chi connectivity index (χ2v) is 9.06. The van der Waals surface area contributed by atoms with Crippen LogP contribution in [0.3, 0.4) is 0 Å². The summed E-state index contributed by atoms with van der Waals surface area (Å²) in [5.41, 5.74) is -1.15. The molecule has 0 saturated carbocycles. The topological polar surface area (TPSA) is 65.8 Å². The maximum absolute atomic E-state index is 14.1. The lowest BCUT2D eigenvalue weighted by molar-refractivity contribution is -0.137. The first-order chi connectivity index (χ1) is 16.6. The summed E-state index contributed by atoms with van der Waals surface area (Å²) in [4.78, 5) is 16.6.